The van der Waals surface area contributed by atoms with Crippen LogP contribution in [0, 0.1) is 0 Å². The molecule has 0 radical (unpaired) electrons. The van der Waals surface area contributed by atoms with Gasteiger partial charge in [-0.25, -0.2) is 0 Å². The minimum Gasteiger partial charge on any atom is -0.377 e. The second-order valence-electron chi connectivity index (χ2n) is 5.26. The first-order valence-electron chi connectivity index (χ1n) is 6.01. The van der Waals surface area contributed by atoms with E-state index in [1.54, 1.807) is 7.11 Å². The zero-order valence-corrected chi connectivity index (χ0v) is 10.8. The van der Waals surface area contributed by atoms with E-state index in [1.165, 1.54) is 6.42 Å². The van der Waals surface area contributed by atoms with Crippen LogP contribution in [-0.4, -0.2) is 49.3 Å². The highest BCUT2D eigenvalue weighted by atomic mass is 16.5. The molecule has 0 aromatic rings. The van der Waals surface area contributed by atoms with E-state index in [9.17, 15) is 0 Å². The Hall–Kier alpha value is -0.120. The Kier molecular flexibility index (Phi) is 4.56. The topological polar surface area (TPSA) is 24.5 Å². The van der Waals surface area contributed by atoms with Crippen LogP contribution in [0.25, 0.3) is 0 Å². The largest absolute Gasteiger partial charge is 0.377 e. The lowest BCUT2D eigenvalue weighted by molar-refractivity contribution is -0.0247. The van der Waals surface area contributed by atoms with E-state index in [2.05, 4.69) is 37.9 Å². The molecule has 1 fully saturated rings. The Bertz CT molecular complexity index is 194. The highest BCUT2D eigenvalue weighted by Gasteiger charge is 2.29. The number of ether oxygens (including phenoxy) is 1. The van der Waals surface area contributed by atoms with Gasteiger partial charge >= 0.3 is 0 Å². The van der Waals surface area contributed by atoms with Gasteiger partial charge in [-0.2, -0.15) is 0 Å². The quantitative estimate of drug-likeness (QED) is 0.767. The van der Waals surface area contributed by atoms with Crippen molar-refractivity contribution in [1.82, 2.24) is 10.2 Å². The fourth-order valence-corrected chi connectivity index (χ4v) is 2.04. The van der Waals surface area contributed by atoms with Gasteiger partial charge in [-0.05, 0) is 27.2 Å². The molecule has 1 heterocycles. The summed E-state index contributed by atoms with van der Waals surface area (Å²) in [5.41, 5.74) is -0.0378. The SMILES string of the molecule is CCC1CN(CC(C)(C)OC)C(C)CN1. The van der Waals surface area contributed by atoms with Gasteiger partial charge in [0.25, 0.3) is 0 Å². The molecule has 3 heteroatoms. The Morgan fingerprint density at radius 1 is 1.47 bits per heavy atom. The molecule has 1 aliphatic heterocycles. The summed E-state index contributed by atoms with van der Waals surface area (Å²) in [6.07, 6.45) is 1.20. The van der Waals surface area contributed by atoms with Crippen LogP contribution in [0.3, 0.4) is 0 Å². The van der Waals surface area contributed by atoms with Crippen LogP contribution in [0.4, 0.5) is 0 Å². The summed E-state index contributed by atoms with van der Waals surface area (Å²) in [5.74, 6) is 0. The molecular formula is C12H26N2O. The number of rotatable bonds is 4. The average Bonchev–Trinajstić information content (AvgIpc) is 2.21. The molecule has 1 saturated heterocycles. The van der Waals surface area contributed by atoms with Crippen LogP contribution in [0.15, 0.2) is 0 Å². The zero-order valence-electron chi connectivity index (χ0n) is 10.8. The van der Waals surface area contributed by atoms with Crippen LogP contribution in [0.2, 0.25) is 0 Å². The van der Waals surface area contributed by atoms with Crippen LogP contribution in [0.5, 0.6) is 0 Å². The summed E-state index contributed by atoms with van der Waals surface area (Å²) in [4.78, 5) is 2.54. The molecule has 1 N–H and O–H groups in total. The number of methoxy groups -OCH3 is 1. The lowest BCUT2D eigenvalue weighted by atomic mass is 10.0. The van der Waals surface area contributed by atoms with E-state index in [0.717, 1.165) is 19.6 Å². The molecular weight excluding hydrogens is 188 g/mol. The minimum atomic E-state index is -0.0378. The van der Waals surface area contributed by atoms with Crippen molar-refractivity contribution >= 4 is 0 Å². The maximum atomic E-state index is 5.50. The number of nitrogens with zero attached hydrogens (tertiary/aromatic N) is 1. The third-order valence-electron chi connectivity index (χ3n) is 3.41. The van der Waals surface area contributed by atoms with E-state index in [0.29, 0.717) is 12.1 Å². The molecule has 0 saturated carbocycles. The van der Waals surface area contributed by atoms with Crippen LogP contribution < -0.4 is 5.32 Å². The predicted molar refractivity (Wildman–Crippen MR) is 64.2 cm³/mol. The van der Waals surface area contributed by atoms with Crippen molar-refractivity contribution in [1.29, 1.82) is 0 Å². The summed E-state index contributed by atoms with van der Waals surface area (Å²) < 4.78 is 5.50. The Morgan fingerprint density at radius 2 is 2.13 bits per heavy atom. The van der Waals surface area contributed by atoms with Crippen molar-refractivity contribution < 1.29 is 4.74 Å². The molecule has 0 aromatic heterocycles. The average molecular weight is 214 g/mol. The van der Waals surface area contributed by atoms with E-state index >= 15 is 0 Å². The number of hydrogen-bond acceptors (Lipinski definition) is 3. The van der Waals surface area contributed by atoms with Gasteiger partial charge in [0.15, 0.2) is 0 Å². The second-order valence-corrected chi connectivity index (χ2v) is 5.26. The summed E-state index contributed by atoms with van der Waals surface area (Å²) in [5, 5.41) is 3.57. The molecule has 1 aliphatic rings. The van der Waals surface area contributed by atoms with Crippen molar-refractivity contribution in [2.24, 2.45) is 0 Å². The lowest BCUT2D eigenvalue weighted by Crippen LogP contribution is -2.58. The predicted octanol–water partition coefficient (Wildman–Crippen LogP) is 1.48. The normalized spacial score (nSPS) is 29.4. The Morgan fingerprint density at radius 3 is 2.67 bits per heavy atom. The van der Waals surface area contributed by atoms with Crippen molar-refractivity contribution in [3.63, 3.8) is 0 Å². The highest BCUT2D eigenvalue weighted by Crippen LogP contribution is 2.15. The van der Waals surface area contributed by atoms with E-state index < -0.39 is 0 Å². The Labute approximate surface area is 94.2 Å². The third kappa shape index (κ3) is 3.74. The van der Waals surface area contributed by atoms with Gasteiger partial charge in [0.2, 0.25) is 0 Å². The van der Waals surface area contributed by atoms with Crippen molar-refractivity contribution in [2.45, 2.75) is 51.8 Å². The van der Waals surface area contributed by atoms with Gasteiger partial charge < -0.3 is 10.1 Å². The van der Waals surface area contributed by atoms with Gasteiger partial charge in [-0.1, -0.05) is 6.92 Å². The summed E-state index contributed by atoms with van der Waals surface area (Å²) in [6, 6.07) is 1.26. The molecule has 0 bridgehead atoms. The molecule has 0 spiro atoms. The number of nitrogens with one attached hydrogen (secondary N) is 1. The Balaban J connectivity index is 2.51. The van der Waals surface area contributed by atoms with Crippen LogP contribution >= 0.6 is 0 Å². The zero-order chi connectivity index (χ0) is 11.5. The fourth-order valence-electron chi connectivity index (χ4n) is 2.04. The maximum Gasteiger partial charge on any atom is 0.0749 e. The second kappa shape index (κ2) is 5.28. The monoisotopic (exact) mass is 214 g/mol. The van der Waals surface area contributed by atoms with Gasteiger partial charge in [-0.15, -0.1) is 0 Å². The number of piperazine rings is 1. The first kappa shape index (κ1) is 12.9. The summed E-state index contributed by atoms with van der Waals surface area (Å²) in [6.45, 7) is 12.1. The molecule has 2 unspecified atom stereocenters. The van der Waals surface area contributed by atoms with E-state index in [4.69, 9.17) is 4.74 Å². The number of hydrogen-bond donors (Lipinski definition) is 1. The standard InChI is InChI=1S/C12H26N2O/c1-6-11-8-14(10(2)7-13-11)9-12(3,4)15-5/h10-11,13H,6-9H2,1-5H3. The fraction of sp³-hybridized carbons (Fsp3) is 1.00. The molecule has 3 nitrogen and oxygen atoms in total. The first-order chi connectivity index (χ1) is 6.98. The van der Waals surface area contributed by atoms with Gasteiger partial charge in [0, 0.05) is 38.8 Å². The van der Waals surface area contributed by atoms with Crippen LogP contribution in [0.1, 0.15) is 34.1 Å². The molecule has 0 aliphatic carbocycles. The smallest absolute Gasteiger partial charge is 0.0749 e. The first-order valence-corrected chi connectivity index (χ1v) is 6.01. The van der Waals surface area contributed by atoms with Crippen molar-refractivity contribution in [3.05, 3.63) is 0 Å². The molecule has 0 aromatic carbocycles. The highest BCUT2D eigenvalue weighted by molar-refractivity contribution is 4.86. The molecule has 1 rings (SSSR count). The minimum absolute atomic E-state index is 0.0378. The summed E-state index contributed by atoms with van der Waals surface area (Å²) in [7, 11) is 1.80. The van der Waals surface area contributed by atoms with Gasteiger partial charge in [-0.3, -0.25) is 4.90 Å². The van der Waals surface area contributed by atoms with Crippen LogP contribution in [-0.2, 0) is 4.74 Å². The maximum absolute atomic E-state index is 5.50. The van der Waals surface area contributed by atoms with Crippen molar-refractivity contribution in [3.8, 4) is 0 Å². The summed E-state index contributed by atoms with van der Waals surface area (Å²) >= 11 is 0. The van der Waals surface area contributed by atoms with Gasteiger partial charge in [0.1, 0.15) is 0 Å². The molecule has 15 heavy (non-hydrogen) atoms. The molecule has 2 atom stereocenters. The molecule has 90 valence electrons. The van der Waals surface area contributed by atoms with E-state index in [-0.39, 0.29) is 5.60 Å². The third-order valence-corrected chi connectivity index (χ3v) is 3.41. The van der Waals surface area contributed by atoms with Crippen molar-refractivity contribution in [2.75, 3.05) is 26.7 Å². The lowest BCUT2D eigenvalue weighted by Gasteiger charge is -2.42. The molecule has 0 amide bonds. The van der Waals surface area contributed by atoms with Gasteiger partial charge in [0.05, 0.1) is 5.60 Å². The van der Waals surface area contributed by atoms with E-state index in [1.807, 2.05) is 0 Å².